The van der Waals surface area contributed by atoms with Crippen molar-refractivity contribution in [2.75, 3.05) is 6.54 Å². The Kier molecular flexibility index (Phi) is 4.86. The van der Waals surface area contributed by atoms with Crippen molar-refractivity contribution in [3.63, 3.8) is 0 Å². The summed E-state index contributed by atoms with van der Waals surface area (Å²) in [5, 5.41) is 3.44. The van der Waals surface area contributed by atoms with E-state index in [1.54, 1.807) is 5.54 Å². The van der Waals surface area contributed by atoms with E-state index in [2.05, 4.69) is 43.4 Å². The quantitative estimate of drug-likeness (QED) is 0.819. The number of rotatable bonds is 4. The van der Waals surface area contributed by atoms with Crippen molar-refractivity contribution in [3.05, 3.63) is 46.5 Å². The SMILES string of the molecule is C/C(=C\Cl)CNC(C)c1ccccc1C. The minimum absolute atomic E-state index is 0.359. The standard InChI is InChI=1S/C13H18ClN/c1-10(8-14)9-15-12(3)13-7-5-4-6-11(13)2/h4-8,12,15H,9H2,1-3H3/b10-8+. The average molecular weight is 224 g/mol. The van der Waals surface area contributed by atoms with Gasteiger partial charge in [0.2, 0.25) is 0 Å². The van der Waals surface area contributed by atoms with Crippen molar-refractivity contribution < 1.29 is 0 Å². The van der Waals surface area contributed by atoms with E-state index >= 15 is 0 Å². The van der Waals surface area contributed by atoms with E-state index in [9.17, 15) is 0 Å². The molecule has 0 bridgehead atoms. The van der Waals surface area contributed by atoms with Gasteiger partial charge in [0.1, 0.15) is 0 Å². The van der Waals surface area contributed by atoms with Gasteiger partial charge in [0.05, 0.1) is 0 Å². The van der Waals surface area contributed by atoms with Gasteiger partial charge >= 0.3 is 0 Å². The van der Waals surface area contributed by atoms with Gasteiger partial charge in [-0.25, -0.2) is 0 Å². The number of halogens is 1. The van der Waals surface area contributed by atoms with Crippen molar-refractivity contribution in [3.8, 4) is 0 Å². The molecule has 0 saturated carbocycles. The highest BCUT2D eigenvalue weighted by atomic mass is 35.5. The summed E-state index contributed by atoms with van der Waals surface area (Å²) in [6, 6.07) is 8.79. The van der Waals surface area contributed by atoms with E-state index in [1.165, 1.54) is 11.1 Å². The second kappa shape index (κ2) is 5.94. The minimum atomic E-state index is 0.359. The maximum absolute atomic E-state index is 5.61. The van der Waals surface area contributed by atoms with E-state index in [1.807, 2.05) is 6.92 Å². The Morgan fingerprint density at radius 1 is 1.47 bits per heavy atom. The highest BCUT2D eigenvalue weighted by Crippen LogP contribution is 2.16. The van der Waals surface area contributed by atoms with Gasteiger partial charge in [-0.1, -0.05) is 35.9 Å². The number of aryl methyl sites for hydroxylation is 1. The molecule has 1 atom stereocenters. The lowest BCUT2D eigenvalue weighted by atomic mass is 10.0. The Labute approximate surface area is 97.1 Å². The van der Waals surface area contributed by atoms with Gasteiger partial charge in [-0.05, 0) is 37.5 Å². The monoisotopic (exact) mass is 223 g/mol. The zero-order chi connectivity index (χ0) is 11.3. The normalized spacial score (nSPS) is 14.0. The van der Waals surface area contributed by atoms with E-state index < -0.39 is 0 Å². The number of hydrogen-bond acceptors (Lipinski definition) is 1. The number of hydrogen-bond donors (Lipinski definition) is 1. The fraction of sp³-hybridized carbons (Fsp3) is 0.385. The zero-order valence-electron chi connectivity index (χ0n) is 9.55. The topological polar surface area (TPSA) is 12.0 Å². The molecule has 2 heteroatoms. The third-order valence-corrected chi connectivity index (χ3v) is 2.90. The van der Waals surface area contributed by atoms with Gasteiger partial charge in [-0.15, -0.1) is 0 Å². The molecule has 0 spiro atoms. The van der Waals surface area contributed by atoms with Crippen LogP contribution in [0.4, 0.5) is 0 Å². The number of benzene rings is 1. The molecule has 82 valence electrons. The minimum Gasteiger partial charge on any atom is -0.306 e. The molecule has 1 aromatic rings. The van der Waals surface area contributed by atoms with Crippen LogP contribution in [-0.4, -0.2) is 6.54 Å². The van der Waals surface area contributed by atoms with Crippen LogP contribution in [-0.2, 0) is 0 Å². The molecule has 1 N–H and O–H groups in total. The molecular formula is C13H18ClN. The molecule has 0 radical (unpaired) electrons. The molecule has 1 aromatic carbocycles. The lowest BCUT2D eigenvalue weighted by Crippen LogP contribution is -2.21. The fourth-order valence-electron chi connectivity index (χ4n) is 1.54. The molecule has 0 amide bonds. The van der Waals surface area contributed by atoms with Crippen molar-refractivity contribution in [1.82, 2.24) is 5.32 Å². The summed E-state index contributed by atoms with van der Waals surface area (Å²) in [6.07, 6.45) is 0. The Balaban J connectivity index is 2.61. The van der Waals surface area contributed by atoms with Gasteiger partial charge in [-0.3, -0.25) is 0 Å². The van der Waals surface area contributed by atoms with E-state index in [4.69, 9.17) is 11.6 Å². The van der Waals surface area contributed by atoms with Gasteiger partial charge < -0.3 is 5.32 Å². The van der Waals surface area contributed by atoms with Gasteiger partial charge in [0.15, 0.2) is 0 Å². The lowest BCUT2D eigenvalue weighted by molar-refractivity contribution is 0.604. The first-order chi connectivity index (χ1) is 7.15. The summed E-state index contributed by atoms with van der Waals surface area (Å²) in [7, 11) is 0. The van der Waals surface area contributed by atoms with Crippen LogP contribution in [0.5, 0.6) is 0 Å². The van der Waals surface area contributed by atoms with Crippen LogP contribution in [0.1, 0.15) is 31.0 Å². The lowest BCUT2D eigenvalue weighted by Gasteiger charge is -2.16. The Morgan fingerprint density at radius 2 is 2.13 bits per heavy atom. The van der Waals surface area contributed by atoms with Crippen LogP contribution >= 0.6 is 11.6 Å². The predicted octanol–water partition coefficient (Wildman–Crippen LogP) is 3.79. The molecule has 1 unspecified atom stereocenters. The van der Waals surface area contributed by atoms with Crippen LogP contribution in [0.25, 0.3) is 0 Å². The smallest absolute Gasteiger partial charge is 0.0297 e. The third kappa shape index (κ3) is 3.69. The van der Waals surface area contributed by atoms with Gasteiger partial charge in [-0.2, -0.15) is 0 Å². The molecular weight excluding hydrogens is 206 g/mol. The molecule has 0 aromatic heterocycles. The van der Waals surface area contributed by atoms with Crippen LogP contribution in [0.3, 0.4) is 0 Å². The first-order valence-electron chi connectivity index (χ1n) is 5.20. The molecule has 0 aliphatic rings. The van der Waals surface area contributed by atoms with E-state index in [0.717, 1.165) is 12.1 Å². The largest absolute Gasteiger partial charge is 0.306 e. The Hall–Kier alpha value is -0.790. The highest BCUT2D eigenvalue weighted by molar-refractivity contribution is 6.25. The molecule has 15 heavy (non-hydrogen) atoms. The van der Waals surface area contributed by atoms with E-state index in [-0.39, 0.29) is 0 Å². The van der Waals surface area contributed by atoms with Crippen molar-refractivity contribution in [2.45, 2.75) is 26.8 Å². The zero-order valence-corrected chi connectivity index (χ0v) is 10.3. The molecule has 1 nitrogen and oxygen atoms in total. The van der Waals surface area contributed by atoms with Crippen molar-refractivity contribution >= 4 is 11.6 Å². The molecule has 0 saturated heterocycles. The van der Waals surface area contributed by atoms with Crippen LogP contribution in [0, 0.1) is 6.92 Å². The highest BCUT2D eigenvalue weighted by Gasteiger charge is 2.06. The first kappa shape index (κ1) is 12.3. The molecule has 0 aliphatic carbocycles. The van der Waals surface area contributed by atoms with Gasteiger partial charge in [0, 0.05) is 18.1 Å². The second-order valence-corrected chi connectivity index (χ2v) is 4.13. The molecule has 0 fully saturated rings. The fourth-order valence-corrected chi connectivity index (χ4v) is 1.61. The third-order valence-electron chi connectivity index (χ3n) is 2.53. The molecule has 1 rings (SSSR count). The Morgan fingerprint density at radius 3 is 2.73 bits per heavy atom. The van der Waals surface area contributed by atoms with Crippen LogP contribution in [0.2, 0.25) is 0 Å². The first-order valence-corrected chi connectivity index (χ1v) is 5.63. The van der Waals surface area contributed by atoms with Crippen molar-refractivity contribution in [2.24, 2.45) is 0 Å². The van der Waals surface area contributed by atoms with E-state index in [0.29, 0.717) is 6.04 Å². The van der Waals surface area contributed by atoms with Gasteiger partial charge in [0.25, 0.3) is 0 Å². The van der Waals surface area contributed by atoms with Crippen LogP contribution < -0.4 is 5.32 Å². The second-order valence-electron chi connectivity index (χ2n) is 3.91. The van der Waals surface area contributed by atoms with Crippen LogP contribution in [0.15, 0.2) is 35.4 Å². The molecule has 0 heterocycles. The summed E-state index contributed by atoms with van der Waals surface area (Å²) in [5.74, 6) is 0. The summed E-state index contributed by atoms with van der Waals surface area (Å²) < 4.78 is 0. The maximum atomic E-state index is 5.61. The summed E-state index contributed by atoms with van der Waals surface area (Å²) in [5.41, 5.74) is 5.44. The summed E-state index contributed by atoms with van der Waals surface area (Å²) in [6.45, 7) is 7.16. The Bertz CT molecular complexity index is 344. The summed E-state index contributed by atoms with van der Waals surface area (Å²) >= 11 is 5.61. The maximum Gasteiger partial charge on any atom is 0.0297 e. The number of nitrogens with one attached hydrogen (secondary N) is 1. The summed E-state index contributed by atoms with van der Waals surface area (Å²) in [4.78, 5) is 0. The predicted molar refractivity (Wildman–Crippen MR) is 67.2 cm³/mol. The van der Waals surface area contributed by atoms with Crippen molar-refractivity contribution in [1.29, 1.82) is 0 Å². The average Bonchev–Trinajstić information content (AvgIpc) is 2.26. The molecule has 0 aliphatic heterocycles.